The molecule has 3 nitrogen and oxygen atoms in total. The van der Waals surface area contributed by atoms with Gasteiger partial charge in [0.05, 0.1) is 0 Å². The summed E-state index contributed by atoms with van der Waals surface area (Å²) >= 11 is 6.18. The Morgan fingerprint density at radius 1 is 0.871 bits per heavy atom. The van der Waals surface area contributed by atoms with Crippen molar-refractivity contribution in [3.63, 3.8) is 0 Å². The Labute approximate surface area is 187 Å². The van der Waals surface area contributed by atoms with E-state index in [9.17, 15) is 9.18 Å². The summed E-state index contributed by atoms with van der Waals surface area (Å²) in [6, 6.07) is 24.4. The Morgan fingerprint density at radius 3 is 2.16 bits per heavy atom. The monoisotopic (exact) mass is 434 g/mol. The molecule has 0 aromatic heterocycles. The molecule has 0 N–H and O–H groups in total. The lowest BCUT2D eigenvalue weighted by Crippen LogP contribution is -2.48. The summed E-state index contributed by atoms with van der Waals surface area (Å²) in [5.74, 6) is -0.276. The molecular formula is C26H24ClFN2O. The van der Waals surface area contributed by atoms with Crippen molar-refractivity contribution < 1.29 is 9.18 Å². The molecule has 3 aromatic carbocycles. The number of hydrogen-bond donors (Lipinski definition) is 0. The van der Waals surface area contributed by atoms with Crippen LogP contribution in [-0.2, 0) is 11.3 Å². The van der Waals surface area contributed by atoms with E-state index >= 15 is 0 Å². The molecule has 1 saturated heterocycles. The number of piperazine rings is 1. The summed E-state index contributed by atoms with van der Waals surface area (Å²) in [5.41, 5.74) is 3.08. The Morgan fingerprint density at radius 2 is 1.52 bits per heavy atom. The quantitative estimate of drug-likeness (QED) is 0.398. The van der Waals surface area contributed by atoms with Crippen molar-refractivity contribution in [2.24, 2.45) is 0 Å². The summed E-state index contributed by atoms with van der Waals surface area (Å²) in [4.78, 5) is 17.4. The van der Waals surface area contributed by atoms with Gasteiger partial charge in [-0.05, 0) is 29.3 Å². The van der Waals surface area contributed by atoms with Gasteiger partial charge >= 0.3 is 0 Å². The molecule has 5 heteroatoms. The van der Waals surface area contributed by atoms with Crippen molar-refractivity contribution in [2.75, 3.05) is 26.2 Å². The van der Waals surface area contributed by atoms with Crippen LogP contribution in [0.2, 0.25) is 5.02 Å². The van der Waals surface area contributed by atoms with Crippen LogP contribution < -0.4 is 0 Å². The molecule has 0 spiro atoms. The molecule has 1 amide bonds. The average molecular weight is 435 g/mol. The van der Waals surface area contributed by atoms with Crippen LogP contribution in [0, 0.1) is 5.82 Å². The van der Waals surface area contributed by atoms with Gasteiger partial charge in [0.15, 0.2) is 0 Å². The fraction of sp³-hybridized carbons (Fsp3) is 0.192. The second kappa shape index (κ2) is 9.90. The van der Waals surface area contributed by atoms with E-state index < -0.39 is 0 Å². The number of hydrogen-bond acceptors (Lipinski definition) is 2. The average Bonchev–Trinajstić information content (AvgIpc) is 2.81. The lowest BCUT2D eigenvalue weighted by Gasteiger charge is -2.35. The van der Waals surface area contributed by atoms with Crippen LogP contribution in [0.5, 0.6) is 0 Å². The van der Waals surface area contributed by atoms with Gasteiger partial charge in [0.1, 0.15) is 5.82 Å². The van der Waals surface area contributed by atoms with Gasteiger partial charge in [0.2, 0.25) is 0 Å². The van der Waals surface area contributed by atoms with Gasteiger partial charge in [0, 0.05) is 48.9 Å². The molecule has 3 aromatic rings. The second-order valence-electron chi connectivity index (χ2n) is 7.60. The number of rotatable bonds is 5. The zero-order chi connectivity index (χ0) is 21.6. The lowest BCUT2D eigenvalue weighted by atomic mass is 10.0. The number of benzene rings is 3. The second-order valence-corrected chi connectivity index (χ2v) is 8.01. The van der Waals surface area contributed by atoms with Crippen LogP contribution in [0.25, 0.3) is 11.6 Å². The van der Waals surface area contributed by atoms with Gasteiger partial charge in [-0.3, -0.25) is 9.69 Å². The Bertz CT molecular complexity index is 1040. The first kappa shape index (κ1) is 21.3. The summed E-state index contributed by atoms with van der Waals surface area (Å²) in [6.45, 7) is 2.96. The van der Waals surface area contributed by atoms with Crippen molar-refractivity contribution in [2.45, 2.75) is 6.54 Å². The number of carbonyl (C=O) groups excluding carboxylic acids is 1. The van der Waals surface area contributed by atoms with Crippen molar-refractivity contribution in [1.29, 1.82) is 0 Å². The molecule has 1 heterocycles. The molecule has 0 bridgehead atoms. The normalized spacial score (nSPS) is 15.2. The fourth-order valence-corrected chi connectivity index (χ4v) is 4.01. The third-order valence-electron chi connectivity index (χ3n) is 5.53. The van der Waals surface area contributed by atoms with Gasteiger partial charge in [-0.25, -0.2) is 4.39 Å². The molecule has 1 aliphatic heterocycles. The molecule has 0 atom stereocenters. The standard InChI is InChI=1S/C26H24ClFN2O/c27-24-12-7-13-25(28)23(24)19-29-14-16-30(17-15-29)26(31)22(21-10-5-2-6-11-21)18-20-8-3-1-4-9-20/h1-13,18H,14-17,19H2/b22-18-. The van der Waals surface area contributed by atoms with Crippen LogP contribution in [0.3, 0.4) is 0 Å². The maximum absolute atomic E-state index is 14.1. The zero-order valence-corrected chi connectivity index (χ0v) is 17.9. The first-order valence-corrected chi connectivity index (χ1v) is 10.8. The SMILES string of the molecule is O=C(/C(=C\c1ccccc1)c1ccccc1)N1CCN(Cc2c(F)cccc2Cl)CC1. The van der Waals surface area contributed by atoms with E-state index in [1.807, 2.05) is 71.6 Å². The Kier molecular flexibility index (Phi) is 6.80. The minimum absolute atomic E-state index is 0.0126. The van der Waals surface area contributed by atoms with E-state index in [0.717, 1.165) is 11.1 Å². The van der Waals surface area contributed by atoms with Crippen molar-refractivity contribution in [3.8, 4) is 0 Å². The third kappa shape index (κ3) is 5.22. The smallest absolute Gasteiger partial charge is 0.254 e. The maximum atomic E-state index is 14.1. The highest BCUT2D eigenvalue weighted by molar-refractivity contribution is 6.31. The number of halogens is 2. The molecule has 1 aliphatic rings. The number of amides is 1. The fourth-order valence-electron chi connectivity index (χ4n) is 3.79. The van der Waals surface area contributed by atoms with Crippen molar-refractivity contribution in [3.05, 3.63) is 106 Å². The molecule has 31 heavy (non-hydrogen) atoms. The van der Waals surface area contributed by atoms with Crippen LogP contribution >= 0.6 is 11.6 Å². The third-order valence-corrected chi connectivity index (χ3v) is 5.88. The molecule has 0 aliphatic carbocycles. The van der Waals surface area contributed by atoms with Gasteiger partial charge < -0.3 is 4.90 Å². The zero-order valence-electron chi connectivity index (χ0n) is 17.2. The van der Waals surface area contributed by atoms with Crippen LogP contribution in [0.15, 0.2) is 78.9 Å². The van der Waals surface area contributed by atoms with E-state index in [0.29, 0.717) is 48.9 Å². The first-order valence-electron chi connectivity index (χ1n) is 10.4. The molecule has 158 valence electrons. The highest BCUT2D eigenvalue weighted by atomic mass is 35.5. The molecule has 0 unspecified atom stereocenters. The van der Waals surface area contributed by atoms with Gasteiger partial charge in [-0.1, -0.05) is 78.3 Å². The largest absolute Gasteiger partial charge is 0.336 e. The highest BCUT2D eigenvalue weighted by Crippen LogP contribution is 2.24. The summed E-state index contributed by atoms with van der Waals surface area (Å²) in [6.07, 6.45) is 1.95. The van der Waals surface area contributed by atoms with Gasteiger partial charge in [-0.15, -0.1) is 0 Å². The lowest BCUT2D eigenvalue weighted by molar-refractivity contribution is -0.126. The van der Waals surface area contributed by atoms with E-state index in [1.165, 1.54) is 6.07 Å². The minimum Gasteiger partial charge on any atom is -0.336 e. The molecule has 4 rings (SSSR count). The van der Waals surface area contributed by atoms with Crippen molar-refractivity contribution >= 4 is 29.2 Å². The number of carbonyl (C=O) groups is 1. The Hall–Kier alpha value is -2.95. The van der Waals surface area contributed by atoms with E-state index in [2.05, 4.69) is 4.90 Å². The summed E-state index contributed by atoms with van der Waals surface area (Å²) in [5, 5.41) is 0.440. The predicted octanol–water partition coefficient (Wildman–Crippen LogP) is 5.36. The van der Waals surface area contributed by atoms with E-state index in [-0.39, 0.29) is 11.7 Å². The van der Waals surface area contributed by atoms with E-state index in [4.69, 9.17) is 11.6 Å². The Balaban J connectivity index is 1.48. The maximum Gasteiger partial charge on any atom is 0.254 e. The minimum atomic E-state index is -0.289. The van der Waals surface area contributed by atoms with Crippen LogP contribution in [0.1, 0.15) is 16.7 Å². The topological polar surface area (TPSA) is 23.6 Å². The van der Waals surface area contributed by atoms with Gasteiger partial charge in [0.25, 0.3) is 5.91 Å². The number of nitrogens with zero attached hydrogens (tertiary/aromatic N) is 2. The summed E-state index contributed by atoms with van der Waals surface area (Å²) in [7, 11) is 0. The molecular weight excluding hydrogens is 411 g/mol. The molecule has 0 saturated carbocycles. The van der Waals surface area contributed by atoms with Crippen molar-refractivity contribution in [1.82, 2.24) is 9.80 Å². The summed E-state index contributed by atoms with van der Waals surface area (Å²) < 4.78 is 14.1. The van der Waals surface area contributed by atoms with Gasteiger partial charge in [-0.2, -0.15) is 0 Å². The van der Waals surface area contributed by atoms with Crippen LogP contribution in [-0.4, -0.2) is 41.9 Å². The molecule has 0 radical (unpaired) electrons. The van der Waals surface area contributed by atoms with E-state index in [1.54, 1.807) is 12.1 Å². The predicted molar refractivity (Wildman–Crippen MR) is 124 cm³/mol. The highest BCUT2D eigenvalue weighted by Gasteiger charge is 2.25. The van der Waals surface area contributed by atoms with Crippen LogP contribution in [0.4, 0.5) is 4.39 Å². The molecule has 1 fully saturated rings. The first-order chi connectivity index (χ1) is 15.1.